The molecule has 0 fully saturated rings. The van der Waals surface area contributed by atoms with E-state index in [2.05, 4.69) is 20.5 Å². The van der Waals surface area contributed by atoms with Crippen LogP contribution in [-0.2, 0) is 0 Å². The van der Waals surface area contributed by atoms with Gasteiger partial charge in [-0.1, -0.05) is 60.1 Å². The number of fused-ring (bicyclic) bond motifs is 2. The minimum absolute atomic E-state index is 0.424. The lowest BCUT2D eigenvalue weighted by Crippen LogP contribution is -2.00. The van der Waals surface area contributed by atoms with Crippen molar-refractivity contribution < 1.29 is 0 Å². The van der Waals surface area contributed by atoms with Gasteiger partial charge in [0.05, 0.1) is 22.9 Å². The van der Waals surface area contributed by atoms with Crippen LogP contribution in [-0.4, -0.2) is 21.2 Å². The molecule has 5 nitrogen and oxygen atoms in total. The van der Waals surface area contributed by atoms with Gasteiger partial charge < -0.3 is 0 Å². The van der Waals surface area contributed by atoms with E-state index < -0.39 is 0 Å². The van der Waals surface area contributed by atoms with Crippen LogP contribution < -0.4 is 5.43 Å². The van der Waals surface area contributed by atoms with E-state index in [1.165, 1.54) is 0 Å². The number of hydrogen-bond donors (Lipinski definition) is 1. The van der Waals surface area contributed by atoms with E-state index in [0.29, 0.717) is 11.0 Å². The molecule has 2 aromatic heterocycles. The van der Waals surface area contributed by atoms with Gasteiger partial charge in [0.2, 0.25) is 5.95 Å². The van der Waals surface area contributed by atoms with Crippen LogP contribution in [0.5, 0.6) is 0 Å². The number of hydrazone groups is 1. The van der Waals surface area contributed by atoms with Crippen LogP contribution in [0.4, 0.5) is 5.95 Å². The van der Waals surface area contributed by atoms with Crippen LogP contribution in [0.15, 0.2) is 90.2 Å². The maximum atomic E-state index is 6.05. The van der Waals surface area contributed by atoms with Gasteiger partial charge in [0.25, 0.3) is 0 Å². The zero-order valence-electron chi connectivity index (χ0n) is 15.8. The minimum atomic E-state index is 0.424. The Kier molecular flexibility index (Phi) is 4.79. The van der Waals surface area contributed by atoms with Gasteiger partial charge in [0.15, 0.2) is 0 Å². The average Bonchev–Trinajstić information content (AvgIpc) is 2.79. The number of benzene rings is 3. The molecule has 0 saturated carbocycles. The molecule has 0 unspecified atom stereocenters. The number of nitrogens with one attached hydrogen (secondary N) is 1. The van der Waals surface area contributed by atoms with E-state index in [-0.39, 0.29) is 0 Å². The van der Waals surface area contributed by atoms with Gasteiger partial charge in [-0.2, -0.15) is 5.10 Å². The average molecular weight is 410 g/mol. The summed E-state index contributed by atoms with van der Waals surface area (Å²) in [6.45, 7) is 0. The summed E-state index contributed by atoms with van der Waals surface area (Å²) in [5, 5.41) is 7.05. The van der Waals surface area contributed by atoms with Crippen molar-refractivity contribution in [2.24, 2.45) is 5.10 Å². The zero-order valence-corrected chi connectivity index (χ0v) is 16.6. The van der Waals surface area contributed by atoms with Gasteiger partial charge >= 0.3 is 0 Å². The van der Waals surface area contributed by atoms with Crippen molar-refractivity contribution in [2.45, 2.75) is 0 Å². The summed E-state index contributed by atoms with van der Waals surface area (Å²) in [6, 6.07) is 25.4. The molecule has 0 saturated heterocycles. The fourth-order valence-electron chi connectivity index (χ4n) is 3.34. The highest BCUT2D eigenvalue weighted by Gasteiger charge is 2.09. The second-order valence-electron chi connectivity index (χ2n) is 6.71. The second-order valence-corrected chi connectivity index (χ2v) is 7.14. The van der Waals surface area contributed by atoms with Crippen molar-refractivity contribution in [1.29, 1.82) is 0 Å². The number of aromatic nitrogens is 3. The summed E-state index contributed by atoms with van der Waals surface area (Å²) in [5.74, 6) is 0.424. The topological polar surface area (TPSA) is 63.1 Å². The summed E-state index contributed by atoms with van der Waals surface area (Å²) < 4.78 is 0. The number of halogens is 1. The lowest BCUT2D eigenvalue weighted by atomic mass is 10.1. The molecule has 0 amide bonds. The van der Waals surface area contributed by atoms with Crippen LogP contribution in [0.2, 0.25) is 5.02 Å². The molecule has 0 aliphatic rings. The second kappa shape index (κ2) is 7.89. The summed E-state index contributed by atoms with van der Waals surface area (Å²) in [5.41, 5.74) is 7.49. The molecule has 3 aromatic carbocycles. The highest BCUT2D eigenvalue weighted by Crippen LogP contribution is 2.28. The number of anilines is 1. The Morgan fingerprint density at radius 2 is 1.50 bits per heavy atom. The van der Waals surface area contributed by atoms with Crippen molar-refractivity contribution >= 4 is 45.6 Å². The molecule has 5 rings (SSSR count). The number of rotatable bonds is 4. The zero-order chi connectivity index (χ0) is 20.3. The van der Waals surface area contributed by atoms with Crippen molar-refractivity contribution in [3.63, 3.8) is 0 Å². The standard InChI is InChI=1S/C24H16ClN5/c25-18-11-9-16(10-12-18)23-20-6-2-4-8-22(20)28-24(29-23)30-27-15-17-13-14-26-21-7-3-1-5-19(17)21/h1-15H,(H,28,29,30)/b27-15+. The molecule has 2 heterocycles. The molecule has 0 aliphatic carbocycles. The fraction of sp³-hybridized carbons (Fsp3) is 0. The van der Waals surface area contributed by atoms with Crippen molar-refractivity contribution in [2.75, 3.05) is 5.43 Å². The summed E-state index contributed by atoms with van der Waals surface area (Å²) in [7, 11) is 0. The molecule has 0 aliphatic heterocycles. The van der Waals surface area contributed by atoms with Crippen LogP contribution in [0, 0.1) is 0 Å². The predicted octanol–water partition coefficient (Wildman–Crippen LogP) is 5.94. The molecule has 0 spiro atoms. The normalized spacial score (nSPS) is 11.4. The van der Waals surface area contributed by atoms with Crippen molar-refractivity contribution in [3.05, 3.63) is 95.6 Å². The van der Waals surface area contributed by atoms with Gasteiger partial charge in [-0.25, -0.2) is 15.4 Å². The molecule has 5 aromatic rings. The highest BCUT2D eigenvalue weighted by atomic mass is 35.5. The van der Waals surface area contributed by atoms with E-state index in [9.17, 15) is 0 Å². The van der Waals surface area contributed by atoms with E-state index in [1.807, 2.05) is 78.9 Å². The Hall–Kier alpha value is -3.83. The number of pyridine rings is 1. The lowest BCUT2D eigenvalue weighted by molar-refractivity contribution is 1.16. The number of para-hydroxylation sites is 2. The highest BCUT2D eigenvalue weighted by molar-refractivity contribution is 6.30. The Morgan fingerprint density at radius 1 is 0.767 bits per heavy atom. The van der Waals surface area contributed by atoms with Crippen molar-refractivity contribution in [3.8, 4) is 11.3 Å². The molecular formula is C24H16ClN5. The third-order valence-electron chi connectivity index (χ3n) is 4.77. The maximum absolute atomic E-state index is 6.05. The number of nitrogens with zero attached hydrogens (tertiary/aromatic N) is 4. The van der Waals surface area contributed by atoms with Crippen LogP contribution in [0.3, 0.4) is 0 Å². The largest absolute Gasteiger partial charge is 0.256 e. The fourth-order valence-corrected chi connectivity index (χ4v) is 3.47. The quantitative estimate of drug-likeness (QED) is 0.294. The third-order valence-corrected chi connectivity index (χ3v) is 5.02. The first-order valence-electron chi connectivity index (χ1n) is 9.43. The van der Waals surface area contributed by atoms with Crippen LogP contribution >= 0.6 is 11.6 Å². The number of hydrogen-bond acceptors (Lipinski definition) is 5. The summed E-state index contributed by atoms with van der Waals surface area (Å²) in [4.78, 5) is 13.7. The molecule has 0 radical (unpaired) electrons. The molecule has 6 heteroatoms. The van der Waals surface area contributed by atoms with E-state index in [4.69, 9.17) is 16.6 Å². The molecule has 0 bridgehead atoms. The van der Waals surface area contributed by atoms with Gasteiger partial charge in [0, 0.05) is 33.1 Å². The molecule has 30 heavy (non-hydrogen) atoms. The smallest absolute Gasteiger partial charge is 0.244 e. The third kappa shape index (κ3) is 3.58. The molecule has 1 N–H and O–H groups in total. The predicted molar refractivity (Wildman–Crippen MR) is 123 cm³/mol. The van der Waals surface area contributed by atoms with Crippen LogP contribution in [0.25, 0.3) is 33.1 Å². The van der Waals surface area contributed by atoms with E-state index >= 15 is 0 Å². The van der Waals surface area contributed by atoms with Crippen molar-refractivity contribution in [1.82, 2.24) is 15.0 Å². The molecular weight excluding hydrogens is 394 g/mol. The van der Waals surface area contributed by atoms with Gasteiger partial charge in [-0.3, -0.25) is 4.98 Å². The Bertz CT molecular complexity index is 1370. The Balaban J connectivity index is 1.51. The Labute approximate surface area is 178 Å². The lowest BCUT2D eigenvalue weighted by Gasteiger charge is -2.08. The summed E-state index contributed by atoms with van der Waals surface area (Å²) >= 11 is 6.05. The minimum Gasteiger partial charge on any atom is -0.256 e. The summed E-state index contributed by atoms with van der Waals surface area (Å²) in [6.07, 6.45) is 3.53. The maximum Gasteiger partial charge on any atom is 0.244 e. The molecule has 0 atom stereocenters. The van der Waals surface area contributed by atoms with Gasteiger partial charge in [0.1, 0.15) is 0 Å². The van der Waals surface area contributed by atoms with Gasteiger partial charge in [-0.15, -0.1) is 0 Å². The van der Waals surface area contributed by atoms with E-state index in [1.54, 1.807) is 12.4 Å². The van der Waals surface area contributed by atoms with Crippen LogP contribution in [0.1, 0.15) is 5.56 Å². The SMILES string of the molecule is Clc1ccc(-c2nc(N/N=C/c3ccnc4ccccc34)nc3ccccc23)cc1. The molecule has 144 valence electrons. The first kappa shape index (κ1) is 18.2. The monoisotopic (exact) mass is 409 g/mol. The van der Waals surface area contributed by atoms with E-state index in [0.717, 1.165) is 38.6 Å². The first-order chi connectivity index (χ1) is 14.8. The first-order valence-corrected chi connectivity index (χ1v) is 9.81. The van der Waals surface area contributed by atoms with Gasteiger partial charge in [-0.05, 0) is 30.3 Å². The Morgan fingerprint density at radius 3 is 2.33 bits per heavy atom.